The van der Waals surface area contributed by atoms with Crippen LogP contribution in [0.2, 0.25) is 10.0 Å². The Labute approximate surface area is 167 Å². The number of benzene rings is 1. The van der Waals surface area contributed by atoms with Gasteiger partial charge in [-0.05, 0) is 42.9 Å². The standard InChI is InChI=1S/C17H19Cl2N3O3S/c1-23-8-2-7-20-17(26)22-21-10-13-3-4-14(25-13)11-24-12-5-6-15(18)16(19)9-12/h3-6,9-10H,2,7-8,11H2,1H3,(H2,20,22,26)/b21-10+. The molecular weight excluding hydrogens is 397 g/mol. The number of rotatable bonds is 9. The van der Waals surface area contributed by atoms with Gasteiger partial charge in [-0.2, -0.15) is 5.10 Å². The summed E-state index contributed by atoms with van der Waals surface area (Å²) in [7, 11) is 1.66. The summed E-state index contributed by atoms with van der Waals surface area (Å²) in [5.41, 5.74) is 2.72. The van der Waals surface area contributed by atoms with Crippen LogP contribution < -0.4 is 15.5 Å². The molecule has 2 aromatic rings. The van der Waals surface area contributed by atoms with E-state index in [1.165, 1.54) is 6.21 Å². The SMILES string of the molecule is COCCCNC(=S)N/N=C/c1ccc(COc2ccc(Cl)c(Cl)c2)o1. The average molecular weight is 416 g/mol. The third-order valence-corrected chi connectivity index (χ3v) is 4.10. The Balaban J connectivity index is 1.74. The summed E-state index contributed by atoms with van der Waals surface area (Å²) < 4.78 is 16.2. The highest BCUT2D eigenvalue weighted by Crippen LogP contribution is 2.26. The number of methoxy groups -OCH3 is 1. The maximum absolute atomic E-state index is 5.95. The van der Waals surface area contributed by atoms with Crippen molar-refractivity contribution in [3.63, 3.8) is 0 Å². The van der Waals surface area contributed by atoms with Crippen molar-refractivity contribution in [2.75, 3.05) is 20.3 Å². The van der Waals surface area contributed by atoms with Crippen LogP contribution in [0.5, 0.6) is 5.75 Å². The lowest BCUT2D eigenvalue weighted by molar-refractivity contribution is 0.195. The normalized spacial score (nSPS) is 10.9. The molecule has 0 spiro atoms. The number of thiocarbonyl (C=S) groups is 1. The Morgan fingerprint density at radius 1 is 1.27 bits per heavy atom. The van der Waals surface area contributed by atoms with Crippen LogP contribution in [0.25, 0.3) is 0 Å². The minimum absolute atomic E-state index is 0.263. The van der Waals surface area contributed by atoms with E-state index in [1.807, 2.05) is 0 Å². The van der Waals surface area contributed by atoms with E-state index in [2.05, 4.69) is 15.8 Å². The van der Waals surface area contributed by atoms with Gasteiger partial charge in [0.15, 0.2) is 5.11 Å². The van der Waals surface area contributed by atoms with E-state index in [0.717, 1.165) is 6.42 Å². The summed E-state index contributed by atoms with van der Waals surface area (Å²) in [5.74, 6) is 1.84. The number of nitrogens with zero attached hydrogens (tertiary/aromatic N) is 1. The number of halogens is 2. The van der Waals surface area contributed by atoms with Crippen LogP contribution in [0.15, 0.2) is 39.9 Å². The number of nitrogens with one attached hydrogen (secondary N) is 2. The molecule has 1 aromatic heterocycles. The monoisotopic (exact) mass is 415 g/mol. The number of hydrogen-bond acceptors (Lipinski definition) is 5. The quantitative estimate of drug-likeness (QED) is 0.279. The molecule has 0 atom stereocenters. The molecule has 0 unspecified atom stereocenters. The van der Waals surface area contributed by atoms with Gasteiger partial charge in [0.1, 0.15) is 23.9 Å². The molecule has 6 nitrogen and oxygen atoms in total. The number of furan rings is 1. The van der Waals surface area contributed by atoms with Crippen molar-refractivity contribution in [1.82, 2.24) is 10.7 Å². The first-order valence-corrected chi connectivity index (χ1v) is 8.97. The van der Waals surface area contributed by atoms with E-state index in [4.69, 9.17) is 49.3 Å². The van der Waals surface area contributed by atoms with Crippen molar-refractivity contribution < 1.29 is 13.9 Å². The van der Waals surface area contributed by atoms with Gasteiger partial charge < -0.3 is 19.2 Å². The Kier molecular flexibility index (Phi) is 8.70. The largest absolute Gasteiger partial charge is 0.486 e. The third-order valence-electron chi connectivity index (χ3n) is 3.12. The van der Waals surface area contributed by atoms with Crippen LogP contribution in [-0.4, -0.2) is 31.6 Å². The lowest BCUT2D eigenvalue weighted by atomic mass is 10.3. The highest BCUT2D eigenvalue weighted by atomic mass is 35.5. The van der Waals surface area contributed by atoms with Crippen LogP contribution >= 0.6 is 35.4 Å². The van der Waals surface area contributed by atoms with Crippen LogP contribution in [0, 0.1) is 0 Å². The van der Waals surface area contributed by atoms with Gasteiger partial charge in [0.25, 0.3) is 0 Å². The molecule has 0 radical (unpaired) electrons. The maximum Gasteiger partial charge on any atom is 0.186 e. The van der Waals surface area contributed by atoms with Gasteiger partial charge in [-0.15, -0.1) is 0 Å². The predicted octanol–water partition coefficient (Wildman–Crippen LogP) is 4.00. The minimum atomic E-state index is 0.263. The summed E-state index contributed by atoms with van der Waals surface area (Å²) in [6, 6.07) is 8.66. The van der Waals surface area contributed by atoms with Gasteiger partial charge in [-0.3, -0.25) is 5.43 Å². The fraction of sp³-hybridized carbons (Fsp3) is 0.294. The molecular formula is C17H19Cl2N3O3S. The number of hydrazone groups is 1. The zero-order chi connectivity index (χ0) is 18.8. The van der Waals surface area contributed by atoms with Crippen molar-refractivity contribution >= 4 is 46.7 Å². The molecule has 0 amide bonds. The molecule has 0 fully saturated rings. The first-order chi connectivity index (χ1) is 12.6. The van der Waals surface area contributed by atoms with Crippen LogP contribution in [0.3, 0.4) is 0 Å². The smallest absolute Gasteiger partial charge is 0.186 e. The molecule has 2 N–H and O–H groups in total. The molecule has 1 heterocycles. The van der Waals surface area contributed by atoms with Gasteiger partial charge in [0, 0.05) is 26.3 Å². The highest BCUT2D eigenvalue weighted by Gasteiger charge is 2.04. The predicted molar refractivity (Wildman–Crippen MR) is 107 cm³/mol. The molecule has 0 saturated carbocycles. The second-order valence-corrected chi connectivity index (χ2v) is 6.36. The van der Waals surface area contributed by atoms with Crippen molar-refractivity contribution in [1.29, 1.82) is 0 Å². The van der Waals surface area contributed by atoms with Crippen molar-refractivity contribution in [2.24, 2.45) is 5.10 Å². The lowest BCUT2D eigenvalue weighted by Crippen LogP contribution is -2.33. The Morgan fingerprint density at radius 2 is 2.12 bits per heavy atom. The fourth-order valence-electron chi connectivity index (χ4n) is 1.88. The second-order valence-electron chi connectivity index (χ2n) is 5.14. The summed E-state index contributed by atoms with van der Waals surface area (Å²) >= 11 is 16.9. The highest BCUT2D eigenvalue weighted by molar-refractivity contribution is 7.80. The Hall–Kier alpha value is -1.80. The van der Waals surface area contributed by atoms with E-state index in [0.29, 0.717) is 45.6 Å². The van der Waals surface area contributed by atoms with E-state index in [1.54, 1.807) is 37.4 Å². The number of ether oxygens (including phenoxy) is 2. The average Bonchev–Trinajstić information content (AvgIpc) is 3.07. The molecule has 0 saturated heterocycles. The van der Waals surface area contributed by atoms with Gasteiger partial charge in [0.2, 0.25) is 0 Å². The molecule has 0 aliphatic heterocycles. The molecule has 2 rings (SSSR count). The minimum Gasteiger partial charge on any atom is -0.486 e. The van der Waals surface area contributed by atoms with Crippen LogP contribution in [-0.2, 0) is 11.3 Å². The first kappa shape index (κ1) is 20.5. The molecule has 1 aromatic carbocycles. The van der Waals surface area contributed by atoms with Crippen molar-refractivity contribution in [3.05, 3.63) is 51.9 Å². The molecule has 0 bridgehead atoms. The molecule has 0 aliphatic rings. The maximum atomic E-state index is 5.95. The fourth-order valence-corrected chi connectivity index (χ4v) is 2.32. The Morgan fingerprint density at radius 3 is 2.88 bits per heavy atom. The topological polar surface area (TPSA) is 68.0 Å². The third kappa shape index (κ3) is 7.21. The molecule has 26 heavy (non-hydrogen) atoms. The van der Waals surface area contributed by atoms with Crippen LogP contribution in [0.1, 0.15) is 17.9 Å². The van der Waals surface area contributed by atoms with E-state index in [-0.39, 0.29) is 6.61 Å². The van der Waals surface area contributed by atoms with Gasteiger partial charge >= 0.3 is 0 Å². The second kappa shape index (κ2) is 11.0. The van der Waals surface area contributed by atoms with E-state index in [9.17, 15) is 0 Å². The van der Waals surface area contributed by atoms with Crippen molar-refractivity contribution in [3.8, 4) is 5.75 Å². The van der Waals surface area contributed by atoms with Gasteiger partial charge in [-0.1, -0.05) is 23.2 Å². The van der Waals surface area contributed by atoms with E-state index >= 15 is 0 Å². The van der Waals surface area contributed by atoms with Crippen molar-refractivity contribution in [2.45, 2.75) is 13.0 Å². The van der Waals surface area contributed by atoms with E-state index < -0.39 is 0 Å². The van der Waals surface area contributed by atoms with Gasteiger partial charge in [-0.25, -0.2) is 0 Å². The molecule has 140 valence electrons. The summed E-state index contributed by atoms with van der Waals surface area (Å²) in [6.07, 6.45) is 2.40. The summed E-state index contributed by atoms with van der Waals surface area (Å²) in [5, 5.41) is 8.39. The lowest BCUT2D eigenvalue weighted by Gasteiger charge is -2.05. The zero-order valence-corrected chi connectivity index (χ0v) is 16.5. The summed E-state index contributed by atoms with van der Waals surface area (Å²) in [4.78, 5) is 0. The first-order valence-electron chi connectivity index (χ1n) is 7.81. The van der Waals surface area contributed by atoms with Crippen LogP contribution in [0.4, 0.5) is 0 Å². The summed E-state index contributed by atoms with van der Waals surface area (Å²) in [6.45, 7) is 1.66. The molecule has 9 heteroatoms. The zero-order valence-electron chi connectivity index (χ0n) is 14.1. The Bertz CT molecular complexity index is 753. The van der Waals surface area contributed by atoms with Gasteiger partial charge in [0.05, 0.1) is 16.3 Å². The number of hydrogen-bond donors (Lipinski definition) is 2. The molecule has 0 aliphatic carbocycles.